The summed E-state index contributed by atoms with van der Waals surface area (Å²) >= 11 is 0. The van der Waals surface area contributed by atoms with Crippen LogP contribution in [-0.2, 0) is 0 Å². The maximum Gasteiger partial charge on any atom is 0.0383 e. The second kappa shape index (κ2) is 10.5. The van der Waals surface area contributed by atoms with Crippen LogP contribution >= 0.6 is 0 Å². The van der Waals surface area contributed by atoms with Crippen molar-refractivity contribution in [1.29, 1.82) is 5.41 Å². The van der Waals surface area contributed by atoms with Gasteiger partial charge in [0.1, 0.15) is 0 Å². The highest BCUT2D eigenvalue weighted by Gasteiger charge is 1.96. The lowest BCUT2D eigenvalue weighted by Crippen LogP contribution is -1.95. The standard InChI is InChI=1S/C19H21N/c1-2-19(20)18-16-14-12-10-8-6-4-3-5-7-9-11-13-15-17-18/h3-17,20H,2H2,1H3/b4-3-,5-3?,6-4?,7-5-,8-6-,9-7?,10-8?,11-9-,12-10-,13-11?,14-12?,15-13-,16-14-,17-15?,18-16?,18-17+,20-19?. The molecule has 1 aliphatic carbocycles. The minimum absolute atomic E-state index is 0.641. The maximum atomic E-state index is 7.94. The molecular weight excluding hydrogens is 242 g/mol. The van der Waals surface area contributed by atoms with Crippen molar-refractivity contribution in [2.24, 2.45) is 0 Å². The number of hydrogen-bond donors (Lipinski definition) is 1. The van der Waals surface area contributed by atoms with Crippen molar-refractivity contribution in [1.82, 2.24) is 0 Å². The third-order valence-corrected chi connectivity index (χ3v) is 2.59. The van der Waals surface area contributed by atoms with E-state index in [0.717, 1.165) is 12.0 Å². The Balaban J connectivity index is 2.94. The summed E-state index contributed by atoms with van der Waals surface area (Å²) in [4.78, 5) is 0. The normalized spacial score (nSPS) is 29.4. The fourth-order valence-corrected chi connectivity index (χ4v) is 1.48. The highest BCUT2D eigenvalue weighted by molar-refractivity contribution is 6.00. The average Bonchev–Trinajstić information content (AvgIpc) is 2.46. The summed E-state index contributed by atoms with van der Waals surface area (Å²) in [7, 11) is 0. The molecule has 0 saturated heterocycles. The van der Waals surface area contributed by atoms with Gasteiger partial charge in [-0.3, -0.25) is 0 Å². The third-order valence-electron chi connectivity index (χ3n) is 2.59. The second-order valence-corrected chi connectivity index (χ2v) is 4.12. The van der Waals surface area contributed by atoms with Crippen LogP contribution < -0.4 is 0 Å². The van der Waals surface area contributed by atoms with Crippen LogP contribution in [0.25, 0.3) is 0 Å². The molecule has 0 aliphatic heterocycles. The molecule has 0 radical (unpaired) electrons. The van der Waals surface area contributed by atoms with E-state index < -0.39 is 0 Å². The van der Waals surface area contributed by atoms with Crippen LogP contribution in [0.3, 0.4) is 0 Å². The number of allylic oxidation sites excluding steroid dienone is 16. The molecule has 0 heterocycles. The van der Waals surface area contributed by atoms with Crippen LogP contribution in [0.5, 0.6) is 0 Å². The quantitative estimate of drug-likeness (QED) is 0.658. The van der Waals surface area contributed by atoms with Gasteiger partial charge in [-0.1, -0.05) is 98.1 Å². The van der Waals surface area contributed by atoms with E-state index in [1.807, 2.05) is 98.1 Å². The average molecular weight is 263 g/mol. The Kier molecular flexibility index (Phi) is 8.22. The van der Waals surface area contributed by atoms with E-state index in [1.54, 1.807) is 0 Å². The Morgan fingerprint density at radius 3 is 1.55 bits per heavy atom. The smallest absolute Gasteiger partial charge is 0.0383 e. The number of rotatable bonds is 2. The van der Waals surface area contributed by atoms with Crippen molar-refractivity contribution in [3.8, 4) is 0 Å². The zero-order chi connectivity index (χ0) is 14.5. The van der Waals surface area contributed by atoms with E-state index in [9.17, 15) is 0 Å². The van der Waals surface area contributed by atoms with Crippen LogP contribution in [0, 0.1) is 5.41 Å². The van der Waals surface area contributed by atoms with Crippen molar-refractivity contribution in [2.75, 3.05) is 0 Å². The Morgan fingerprint density at radius 2 is 1.10 bits per heavy atom. The molecule has 0 spiro atoms. The third kappa shape index (κ3) is 7.12. The zero-order valence-electron chi connectivity index (χ0n) is 11.9. The maximum absolute atomic E-state index is 7.94. The van der Waals surface area contributed by atoms with Gasteiger partial charge >= 0.3 is 0 Å². The van der Waals surface area contributed by atoms with E-state index in [1.165, 1.54) is 0 Å². The van der Waals surface area contributed by atoms with Gasteiger partial charge in [-0.15, -0.1) is 0 Å². The molecule has 1 nitrogen and oxygen atoms in total. The molecule has 0 aromatic heterocycles. The van der Waals surface area contributed by atoms with E-state index in [0.29, 0.717) is 5.71 Å². The predicted octanol–water partition coefficient (Wildman–Crippen LogP) is 5.25. The lowest BCUT2D eigenvalue weighted by molar-refractivity contribution is 1.24. The Hall–Kier alpha value is -2.41. The highest BCUT2D eigenvalue weighted by atomic mass is 14.4. The predicted molar refractivity (Wildman–Crippen MR) is 90.1 cm³/mol. The summed E-state index contributed by atoms with van der Waals surface area (Å²) in [5.41, 5.74) is 1.58. The molecule has 20 heavy (non-hydrogen) atoms. The van der Waals surface area contributed by atoms with Crippen molar-refractivity contribution in [3.05, 3.63) is 96.7 Å². The fraction of sp³-hybridized carbons (Fsp3) is 0.105. The summed E-state index contributed by atoms with van der Waals surface area (Å²) in [5.74, 6) is 0. The molecular formula is C19H21N. The summed E-state index contributed by atoms with van der Waals surface area (Å²) in [5, 5.41) is 7.94. The molecule has 1 N–H and O–H groups in total. The van der Waals surface area contributed by atoms with Gasteiger partial charge in [-0.05, 0) is 12.0 Å². The largest absolute Gasteiger partial charge is 0.305 e. The van der Waals surface area contributed by atoms with Crippen LogP contribution in [0.1, 0.15) is 13.3 Å². The fourth-order valence-electron chi connectivity index (χ4n) is 1.48. The van der Waals surface area contributed by atoms with Crippen LogP contribution in [0.2, 0.25) is 0 Å². The van der Waals surface area contributed by atoms with Gasteiger partial charge in [0, 0.05) is 5.71 Å². The summed E-state index contributed by atoms with van der Waals surface area (Å²) < 4.78 is 0. The van der Waals surface area contributed by atoms with Crippen molar-refractivity contribution < 1.29 is 0 Å². The highest BCUT2D eigenvalue weighted by Crippen LogP contribution is 2.04. The monoisotopic (exact) mass is 263 g/mol. The van der Waals surface area contributed by atoms with Gasteiger partial charge in [0.15, 0.2) is 0 Å². The molecule has 1 rings (SSSR count). The minimum atomic E-state index is 0.641. The van der Waals surface area contributed by atoms with Gasteiger partial charge in [0.2, 0.25) is 0 Å². The van der Waals surface area contributed by atoms with Gasteiger partial charge in [0.25, 0.3) is 0 Å². The lowest BCUT2D eigenvalue weighted by Gasteiger charge is -1.99. The first-order valence-corrected chi connectivity index (χ1v) is 6.80. The molecule has 0 unspecified atom stereocenters. The zero-order valence-corrected chi connectivity index (χ0v) is 11.9. The Morgan fingerprint density at radius 1 is 0.700 bits per heavy atom. The first-order chi connectivity index (χ1) is 9.84. The molecule has 102 valence electrons. The van der Waals surface area contributed by atoms with Gasteiger partial charge in [-0.2, -0.15) is 0 Å². The molecule has 0 amide bonds. The first kappa shape index (κ1) is 15.6. The number of hydrogen-bond acceptors (Lipinski definition) is 1. The van der Waals surface area contributed by atoms with Gasteiger partial charge in [0.05, 0.1) is 0 Å². The van der Waals surface area contributed by atoms with Crippen LogP contribution in [0.4, 0.5) is 0 Å². The van der Waals surface area contributed by atoms with Crippen LogP contribution in [0.15, 0.2) is 96.7 Å². The lowest BCUT2D eigenvalue weighted by atomic mass is 10.1. The van der Waals surface area contributed by atoms with E-state index in [2.05, 4.69) is 0 Å². The minimum Gasteiger partial charge on any atom is -0.305 e. The van der Waals surface area contributed by atoms with Crippen molar-refractivity contribution >= 4 is 5.71 Å². The Bertz CT molecular complexity index is 532. The topological polar surface area (TPSA) is 23.9 Å². The molecule has 1 heteroatoms. The summed E-state index contributed by atoms with van der Waals surface area (Å²) in [6.07, 6.45) is 30.3. The van der Waals surface area contributed by atoms with Gasteiger partial charge in [-0.25, -0.2) is 0 Å². The van der Waals surface area contributed by atoms with E-state index >= 15 is 0 Å². The first-order valence-electron chi connectivity index (χ1n) is 6.80. The Labute approximate surface area is 121 Å². The molecule has 0 atom stereocenters. The molecule has 0 aromatic rings. The summed E-state index contributed by atoms with van der Waals surface area (Å²) in [6, 6.07) is 0. The van der Waals surface area contributed by atoms with E-state index in [4.69, 9.17) is 5.41 Å². The molecule has 0 bridgehead atoms. The van der Waals surface area contributed by atoms with Crippen molar-refractivity contribution in [2.45, 2.75) is 13.3 Å². The molecule has 0 aromatic carbocycles. The summed E-state index contributed by atoms with van der Waals surface area (Å²) in [6.45, 7) is 2.00. The number of nitrogens with one attached hydrogen (secondary N) is 1. The van der Waals surface area contributed by atoms with Gasteiger partial charge < -0.3 is 5.41 Å². The van der Waals surface area contributed by atoms with Crippen molar-refractivity contribution in [3.63, 3.8) is 0 Å². The SMILES string of the molecule is CCC(=N)C1=C/C=C\C=C/C=C\C=C/C=C\C=C/C=C\1. The molecule has 1 aliphatic rings. The second-order valence-electron chi connectivity index (χ2n) is 4.12. The van der Waals surface area contributed by atoms with Crippen LogP contribution in [-0.4, -0.2) is 5.71 Å². The molecule has 0 saturated carbocycles. The molecule has 0 fully saturated rings. The van der Waals surface area contributed by atoms with E-state index in [-0.39, 0.29) is 0 Å².